The molecule has 0 rings (SSSR count). The van der Waals surface area contributed by atoms with Gasteiger partial charge in [0, 0.05) is 24.1 Å². The van der Waals surface area contributed by atoms with Crippen LogP contribution in [0.15, 0.2) is 0 Å². The van der Waals surface area contributed by atoms with Crippen molar-refractivity contribution < 1.29 is 3.63 Å². The average molecular weight is 268 g/mol. The highest BCUT2D eigenvalue weighted by Gasteiger charge is 1.82. The molecule has 0 fully saturated rings. The van der Waals surface area contributed by atoms with Crippen molar-refractivity contribution in [1.29, 1.82) is 0 Å². The standard InChI is InChI=1S/C2H4Br2OS2/c3-1-6-5-7-2-4/h1-2H2. The third-order valence-electron chi connectivity index (χ3n) is 0.185. The fraction of sp³-hybridized carbons (Fsp3) is 1.00. The van der Waals surface area contributed by atoms with Crippen LogP contribution in [0.3, 0.4) is 0 Å². The second-order valence-electron chi connectivity index (χ2n) is 0.522. The first-order valence-electron chi connectivity index (χ1n) is 1.45. The quantitative estimate of drug-likeness (QED) is 0.440. The third kappa shape index (κ3) is 7.62. The van der Waals surface area contributed by atoms with E-state index in [0.29, 0.717) is 0 Å². The molecule has 0 amide bonds. The van der Waals surface area contributed by atoms with Gasteiger partial charge in [0.1, 0.15) is 0 Å². The predicted molar refractivity (Wildman–Crippen MR) is 43.9 cm³/mol. The van der Waals surface area contributed by atoms with Crippen LogP contribution < -0.4 is 0 Å². The number of hydrogen-bond acceptors (Lipinski definition) is 3. The van der Waals surface area contributed by atoms with Gasteiger partial charge < -0.3 is 0 Å². The SMILES string of the molecule is BrCSOSCBr. The van der Waals surface area contributed by atoms with Crippen molar-refractivity contribution in [3.63, 3.8) is 0 Å². The zero-order chi connectivity index (χ0) is 5.54. The van der Waals surface area contributed by atoms with E-state index in [0.717, 1.165) is 9.32 Å². The molecule has 0 aromatic heterocycles. The molecular formula is C2H4Br2OS2. The van der Waals surface area contributed by atoms with Crippen LogP contribution in [-0.4, -0.2) is 9.32 Å². The topological polar surface area (TPSA) is 9.23 Å². The third-order valence-corrected chi connectivity index (χ3v) is 2.25. The molecule has 1 nitrogen and oxygen atoms in total. The van der Waals surface area contributed by atoms with Gasteiger partial charge in [-0.1, -0.05) is 31.9 Å². The molecule has 0 atom stereocenters. The van der Waals surface area contributed by atoms with Gasteiger partial charge in [-0.2, -0.15) is 0 Å². The lowest BCUT2D eigenvalue weighted by atomic mass is 11.9. The molecule has 0 spiro atoms. The van der Waals surface area contributed by atoms with Crippen LogP contribution in [-0.2, 0) is 3.63 Å². The van der Waals surface area contributed by atoms with Gasteiger partial charge in [-0.3, -0.25) is 0 Å². The van der Waals surface area contributed by atoms with Gasteiger partial charge in [0.2, 0.25) is 0 Å². The lowest BCUT2D eigenvalue weighted by Crippen LogP contribution is -1.62. The Bertz CT molecular complexity index is 32.9. The second-order valence-corrected chi connectivity index (χ2v) is 4.72. The molecule has 0 bridgehead atoms. The minimum atomic E-state index is 0.826. The van der Waals surface area contributed by atoms with Gasteiger partial charge in [-0.15, -0.1) is 0 Å². The Labute approximate surface area is 68.6 Å². The molecule has 7 heavy (non-hydrogen) atoms. The number of rotatable bonds is 4. The fourth-order valence-electron chi connectivity index (χ4n) is 0.0704. The van der Waals surface area contributed by atoms with Gasteiger partial charge >= 0.3 is 0 Å². The molecule has 0 aliphatic heterocycles. The molecule has 0 aliphatic carbocycles. The van der Waals surface area contributed by atoms with E-state index in [1.54, 1.807) is 0 Å². The van der Waals surface area contributed by atoms with Crippen molar-refractivity contribution in [2.75, 3.05) is 9.32 Å². The molecule has 0 heterocycles. The summed E-state index contributed by atoms with van der Waals surface area (Å²) >= 11 is 9.14. The Morgan fingerprint density at radius 2 is 1.57 bits per heavy atom. The van der Waals surface area contributed by atoms with Gasteiger partial charge in [0.05, 0.1) is 9.32 Å². The molecule has 44 valence electrons. The largest absolute Gasteiger partial charge is 0.246 e. The first kappa shape index (κ1) is 8.62. The Morgan fingerprint density at radius 3 is 1.86 bits per heavy atom. The van der Waals surface area contributed by atoms with Crippen LogP contribution in [0.5, 0.6) is 0 Å². The minimum absolute atomic E-state index is 0.826. The summed E-state index contributed by atoms with van der Waals surface area (Å²) < 4.78 is 6.52. The van der Waals surface area contributed by atoms with Gasteiger partial charge in [-0.05, 0) is 0 Å². The van der Waals surface area contributed by atoms with Crippen molar-refractivity contribution >= 4 is 55.9 Å². The maximum Gasteiger partial charge on any atom is 0.0766 e. The lowest BCUT2D eigenvalue weighted by molar-refractivity contribution is 0.767. The summed E-state index contributed by atoms with van der Waals surface area (Å²) in [5.41, 5.74) is 0. The van der Waals surface area contributed by atoms with Crippen molar-refractivity contribution in [2.24, 2.45) is 0 Å². The second kappa shape index (κ2) is 7.62. The smallest absolute Gasteiger partial charge is 0.0766 e. The van der Waals surface area contributed by atoms with E-state index in [9.17, 15) is 0 Å². The van der Waals surface area contributed by atoms with Crippen LogP contribution in [0.1, 0.15) is 0 Å². The summed E-state index contributed by atoms with van der Waals surface area (Å²) in [4.78, 5) is 0. The highest BCUT2D eigenvalue weighted by Crippen LogP contribution is 2.17. The minimum Gasteiger partial charge on any atom is -0.246 e. The van der Waals surface area contributed by atoms with Crippen LogP contribution >= 0.6 is 55.9 Å². The first-order valence-corrected chi connectivity index (χ1v) is 5.51. The molecule has 5 heteroatoms. The normalized spacial score (nSPS) is 9.43. The summed E-state index contributed by atoms with van der Waals surface area (Å²) in [5.74, 6) is 0. The van der Waals surface area contributed by atoms with E-state index in [4.69, 9.17) is 3.63 Å². The summed E-state index contributed by atoms with van der Waals surface area (Å²) in [6.45, 7) is 0. The van der Waals surface area contributed by atoms with E-state index in [1.165, 1.54) is 24.1 Å². The molecule has 0 saturated heterocycles. The van der Waals surface area contributed by atoms with Crippen molar-refractivity contribution in [3.05, 3.63) is 0 Å². The highest BCUT2D eigenvalue weighted by molar-refractivity contribution is 9.11. The van der Waals surface area contributed by atoms with E-state index >= 15 is 0 Å². The molecule has 0 aliphatic rings. The molecule has 0 saturated carbocycles. The summed E-state index contributed by atoms with van der Waals surface area (Å²) in [7, 11) is 0. The highest BCUT2D eigenvalue weighted by atomic mass is 79.9. The zero-order valence-corrected chi connectivity index (χ0v) is 8.20. The molecule has 0 aromatic rings. The van der Waals surface area contributed by atoms with Crippen molar-refractivity contribution in [1.82, 2.24) is 0 Å². The molecule has 0 unspecified atom stereocenters. The van der Waals surface area contributed by atoms with E-state index in [-0.39, 0.29) is 0 Å². The molecule has 0 radical (unpaired) electrons. The maximum absolute atomic E-state index is 4.87. The van der Waals surface area contributed by atoms with E-state index in [1.807, 2.05) is 0 Å². The number of alkyl halides is 2. The summed E-state index contributed by atoms with van der Waals surface area (Å²) in [6.07, 6.45) is 0. The molecular weight excluding hydrogens is 264 g/mol. The fourth-order valence-corrected chi connectivity index (χ4v) is 2.01. The predicted octanol–water partition coefficient (Wildman–Crippen LogP) is 3.00. The zero-order valence-electron chi connectivity index (χ0n) is 3.39. The Morgan fingerprint density at radius 1 is 1.14 bits per heavy atom. The van der Waals surface area contributed by atoms with Gasteiger partial charge in [-0.25, -0.2) is 3.63 Å². The number of hydrogen-bond donors (Lipinski definition) is 0. The van der Waals surface area contributed by atoms with Crippen molar-refractivity contribution in [2.45, 2.75) is 0 Å². The van der Waals surface area contributed by atoms with Crippen LogP contribution in [0.2, 0.25) is 0 Å². The first-order chi connectivity index (χ1) is 3.41. The average Bonchev–Trinajstić information content (AvgIpc) is 1.69. The van der Waals surface area contributed by atoms with E-state index in [2.05, 4.69) is 31.9 Å². The van der Waals surface area contributed by atoms with Gasteiger partial charge in [0.15, 0.2) is 0 Å². The Hall–Kier alpha value is 1.62. The lowest BCUT2D eigenvalue weighted by Gasteiger charge is -1.90. The van der Waals surface area contributed by atoms with E-state index < -0.39 is 0 Å². The Balaban J connectivity index is 2.45. The van der Waals surface area contributed by atoms with Crippen LogP contribution in [0.4, 0.5) is 0 Å². The monoisotopic (exact) mass is 266 g/mol. The molecule has 0 N–H and O–H groups in total. The van der Waals surface area contributed by atoms with Crippen molar-refractivity contribution in [3.8, 4) is 0 Å². The molecule has 0 aromatic carbocycles. The summed E-state index contributed by atoms with van der Waals surface area (Å²) in [6, 6.07) is 0. The maximum atomic E-state index is 4.87. The summed E-state index contributed by atoms with van der Waals surface area (Å²) in [5, 5.41) is 0. The van der Waals surface area contributed by atoms with Gasteiger partial charge in [0.25, 0.3) is 0 Å². The Kier molecular flexibility index (Phi) is 9.38. The van der Waals surface area contributed by atoms with Crippen LogP contribution in [0, 0.1) is 0 Å². The number of halogens is 2. The van der Waals surface area contributed by atoms with Crippen LogP contribution in [0.25, 0.3) is 0 Å².